The first kappa shape index (κ1) is 15.8. The molecule has 118 valence electrons. The Morgan fingerprint density at radius 1 is 1.26 bits per heavy atom. The normalized spacial score (nSPS) is 15.0. The molecule has 0 fully saturated rings. The van der Waals surface area contributed by atoms with Gasteiger partial charge in [-0.1, -0.05) is 42.9 Å². The number of nitrogens with zero attached hydrogens (tertiary/aromatic N) is 5. The summed E-state index contributed by atoms with van der Waals surface area (Å²) in [5.74, 6) is -0.158. The van der Waals surface area contributed by atoms with Crippen molar-refractivity contribution in [1.82, 2.24) is 4.98 Å². The number of rotatable bonds is 6. The van der Waals surface area contributed by atoms with Crippen molar-refractivity contribution in [3.8, 4) is 0 Å². The summed E-state index contributed by atoms with van der Waals surface area (Å²) in [6.07, 6.45) is 3.28. The summed E-state index contributed by atoms with van der Waals surface area (Å²) in [5.41, 5.74) is 0.607. The molecule has 9 heteroatoms. The minimum Gasteiger partial charge on any atom is -0.312 e. The molecule has 0 aliphatic carbocycles. The SMILES string of the molecule is CCCC1(Sc2ncc(NC(=O)c3ccccc3)s2)N=NN=N1. The van der Waals surface area contributed by atoms with Crippen LogP contribution in [0.5, 0.6) is 0 Å². The van der Waals surface area contributed by atoms with Crippen molar-refractivity contribution in [1.29, 1.82) is 0 Å². The summed E-state index contributed by atoms with van der Waals surface area (Å²) in [6.45, 7) is 2.05. The first-order valence-corrected chi connectivity index (χ1v) is 8.69. The molecule has 2 heterocycles. The van der Waals surface area contributed by atoms with Gasteiger partial charge >= 0.3 is 0 Å². The van der Waals surface area contributed by atoms with Crippen LogP contribution < -0.4 is 5.32 Å². The number of thiazole rings is 1. The lowest BCUT2D eigenvalue weighted by Gasteiger charge is -2.15. The van der Waals surface area contributed by atoms with E-state index in [1.165, 1.54) is 23.1 Å². The van der Waals surface area contributed by atoms with E-state index >= 15 is 0 Å². The van der Waals surface area contributed by atoms with E-state index in [9.17, 15) is 4.79 Å². The second kappa shape index (κ2) is 6.97. The smallest absolute Gasteiger partial charge is 0.256 e. The van der Waals surface area contributed by atoms with Gasteiger partial charge in [-0.2, -0.15) is 0 Å². The zero-order chi connectivity index (χ0) is 16.1. The van der Waals surface area contributed by atoms with Crippen LogP contribution in [0.3, 0.4) is 0 Å². The summed E-state index contributed by atoms with van der Waals surface area (Å²) in [4.78, 5) is 15.7. The molecule has 1 aromatic heterocycles. The molecule has 0 atom stereocenters. The Hall–Kier alpha value is -2.13. The van der Waals surface area contributed by atoms with Crippen LogP contribution in [-0.4, -0.2) is 15.9 Å². The fourth-order valence-electron chi connectivity index (χ4n) is 1.99. The number of benzene rings is 1. The van der Waals surface area contributed by atoms with E-state index in [1.54, 1.807) is 18.3 Å². The first-order chi connectivity index (χ1) is 11.2. The lowest BCUT2D eigenvalue weighted by molar-refractivity contribution is 0.102. The molecule has 0 saturated heterocycles. The zero-order valence-corrected chi connectivity index (χ0v) is 14.0. The number of anilines is 1. The van der Waals surface area contributed by atoms with E-state index in [0.717, 1.165) is 17.2 Å². The Kier molecular flexibility index (Phi) is 4.77. The van der Waals surface area contributed by atoms with E-state index in [2.05, 4.69) is 37.9 Å². The molecule has 7 nitrogen and oxygen atoms in total. The Morgan fingerprint density at radius 3 is 2.70 bits per heavy atom. The maximum Gasteiger partial charge on any atom is 0.256 e. The molecule has 0 bridgehead atoms. The fourth-order valence-corrected chi connectivity index (χ4v) is 4.22. The van der Waals surface area contributed by atoms with Gasteiger partial charge in [0.15, 0.2) is 4.34 Å². The van der Waals surface area contributed by atoms with Crippen LogP contribution in [0.2, 0.25) is 0 Å². The van der Waals surface area contributed by atoms with E-state index in [0.29, 0.717) is 10.6 Å². The monoisotopic (exact) mass is 346 g/mol. The van der Waals surface area contributed by atoms with Crippen LogP contribution in [0.15, 0.2) is 61.5 Å². The molecule has 2 aromatic rings. The predicted octanol–water partition coefficient (Wildman–Crippen LogP) is 4.77. The lowest BCUT2D eigenvalue weighted by atomic mass is 10.2. The summed E-state index contributed by atoms with van der Waals surface area (Å²) in [6, 6.07) is 9.06. The minimum atomic E-state index is -0.715. The van der Waals surface area contributed by atoms with Crippen LogP contribution in [0, 0.1) is 0 Å². The summed E-state index contributed by atoms with van der Waals surface area (Å²) >= 11 is 2.79. The van der Waals surface area contributed by atoms with Crippen molar-refractivity contribution in [3.05, 3.63) is 42.1 Å². The van der Waals surface area contributed by atoms with Crippen molar-refractivity contribution < 1.29 is 4.79 Å². The fraction of sp³-hybridized carbons (Fsp3) is 0.286. The van der Waals surface area contributed by atoms with Gasteiger partial charge in [0.1, 0.15) is 5.00 Å². The number of carbonyl (C=O) groups excluding carboxylic acids is 1. The highest BCUT2D eigenvalue weighted by Gasteiger charge is 2.35. The van der Waals surface area contributed by atoms with Gasteiger partial charge in [0.2, 0.25) is 4.99 Å². The van der Waals surface area contributed by atoms with Gasteiger partial charge in [-0.15, -0.1) is 10.2 Å². The summed E-state index contributed by atoms with van der Waals surface area (Å²) in [7, 11) is 0. The van der Waals surface area contributed by atoms with Crippen LogP contribution in [-0.2, 0) is 0 Å². The van der Waals surface area contributed by atoms with E-state index < -0.39 is 4.99 Å². The summed E-state index contributed by atoms with van der Waals surface area (Å²) < 4.78 is 0.765. The highest BCUT2D eigenvalue weighted by molar-refractivity contribution is 8.02. The van der Waals surface area contributed by atoms with Crippen molar-refractivity contribution in [3.63, 3.8) is 0 Å². The Bertz CT molecular complexity index is 731. The quantitative estimate of drug-likeness (QED) is 0.816. The molecular weight excluding hydrogens is 332 g/mol. The topological polar surface area (TPSA) is 91.4 Å². The minimum absolute atomic E-state index is 0.158. The maximum absolute atomic E-state index is 12.1. The molecular formula is C14H14N6OS2. The van der Waals surface area contributed by atoms with Gasteiger partial charge in [-0.05, 0) is 34.3 Å². The van der Waals surface area contributed by atoms with E-state index in [4.69, 9.17) is 0 Å². The Labute approximate surface area is 141 Å². The molecule has 1 aliphatic rings. The second-order valence-corrected chi connectivity index (χ2v) is 7.32. The number of hydrogen-bond donors (Lipinski definition) is 1. The highest BCUT2D eigenvalue weighted by Crippen LogP contribution is 2.44. The number of nitrogens with one attached hydrogen (secondary N) is 1. The van der Waals surface area contributed by atoms with Gasteiger partial charge < -0.3 is 5.32 Å². The van der Waals surface area contributed by atoms with Gasteiger partial charge in [-0.25, -0.2) is 4.98 Å². The molecule has 1 aromatic carbocycles. The van der Waals surface area contributed by atoms with Gasteiger partial charge in [0.05, 0.1) is 6.20 Å². The number of thioether (sulfide) groups is 1. The van der Waals surface area contributed by atoms with Crippen molar-refractivity contribution in [2.75, 3.05) is 5.32 Å². The zero-order valence-electron chi connectivity index (χ0n) is 12.3. The van der Waals surface area contributed by atoms with Gasteiger partial charge in [-0.3, -0.25) is 4.79 Å². The third kappa shape index (κ3) is 3.80. The average molecular weight is 346 g/mol. The molecule has 1 amide bonds. The molecule has 3 rings (SSSR count). The van der Waals surface area contributed by atoms with Crippen LogP contribution >= 0.6 is 23.1 Å². The largest absolute Gasteiger partial charge is 0.312 e. The van der Waals surface area contributed by atoms with E-state index in [-0.39, 0.29) is 5.91 Å². The first-order valence-electron chi connectivity index (χ1n) is 7.06. The van der Waals surface area contributed by atoms with Crippen LogP contribution in [0.1, 0.15) is 30.1 Å². The van der Waals surface area contributed by atoms with Crippen molar-refractivity contribution >= 4 is 34.0 Å². The van der Waals surface area contributed by atoms with E-state index in [1.807, 2.05) is 18.2 Å². The molecule has 0 saturated carbocycles. The van der Waals surface area contributed by atoms with Crippen LogP contribution in [0.25, 0.3) is 0 Å². The molecule has 1 aliphatic heterocycles. The molecule has 0 spiro atoms. The van der Waals surface area contributed by atoms with Crippen molar-refractivity contribution in [2.45, 2.75) is 29.1 Å². The van der Waals surface area contributed by atoms with Gasteiger partial charge in [0.25, 0.3) is 5.91 Å². The highest BCUT2D eigenvalue weighted by atomic mass is 32.2. The standard InChI is InChI=1S/C14H14N6OS2/c1-2-8-14(17-19-20-18-14)23-13-15-9-11(22-13)16-12(21)10-6-4-3-5-7-10/h3-7,9H,2,8H2,1H3,(H,16,21). The number of aromatic nitrogens is 1. The average Bonchev–Trinajstić information content (AvgIpc) is 3.19. The third-order valence-electron chi connectivity index (χ3n) is 3.03. The summed E-state index contributed by atoms with van der Waals surface area (Å²) in [5, 5.41) is 19.0. The van der Waals surface area contributed by atoms with Crippen LogP contribution in [0.4, 0.5) is 5.00 Å². The Balaban J connectivity index is 1.68. The number of amides is 1. The second-order valence-electron chi connectivity index (χ2n) is 4.78. The molecule has 1 N–H and O–H groups in total. The lowest BCUT2D eigenvalue weighted by Crippen LogP contribution is -2.15. The van der Waals surface area contributed by atoms with Gasteiger partial charge in [0, 0.05) is 12.0 Å². The number of carbonyl (C=O) groups is 1. The maximum atomic E-state index is 12.1. The molecule has 0 radical (unpaired) electrons. The van der Waals surface area contributed by atoms with Crippen molar-refractivity contribution in [2.24, 2.45) is 20.7 Å². The third-order valence-corrected chi connectivity index (χ3v) is 5.21. The Morgan fingerprint density at radius 2 is 2.00 bits per heavy atom. The predicted molar refractivity (Wildman–Crippen MR) is 89.7 cm³/mol. The molecule has 0 unspecified atom stereocenters. The molecule has 23 heavy (non-hydrogen) atoms. The number of hydrogen-bond acceptors (Lipinski definition) is 8.